The molecule has 2 aromatic carbocycles. The number of rotatable bonds is 8. The standard InChI is InChI=1S/C20H22N2O4/c23-19(10-12-22-13-15-26-20(22)24)21-17-8-4-5-9-18(17)25-14-11-16-6-2-1-3-7-16/h1-9H,10-15H2,(H,21,23). The number of carbonyl (C=O) groups excluding carboxylic acids is 2. The summed E-state index contributed by atoms with van der Waals surface area (Å²) in [5.41, 5.74) is 1.83. The first kappa shape index (κ1) is 17.8. The molecule has 1 aliphatic heterocycles. The van der Waals surface area contributed by atoms with Crippen LogP contribution in [-0.2, 0) is 16.0 Å². The Kier molecular flexibility index (Phi) is 6.09. The van der Waals surface area contributed by atoms with Crippen LogP contribution in [0.4, 0.5) is 10.5 Å². The Morgan fingerprint density at radius 2 is 1.88 bits per heavy atom. The molecule has 1 saturated heterocycles. The molecular formula is C20H22N2O4. The average Bonchev–Trinajstić information content (AvgIpc) is 3.07. The molecule has 1 fully saturated rings. The van der Waals surface area contributed by atoms with Crippen LogP contribution in [0.15, 0.2) is 54.6 Å². The number of amides is 2. The predicted molar refractivity (Wildman–Crippen MR) is 98.3 cm³/mol. The number of cyclic esters (lactones) is 1. The molecule has 26 heavy (non-hydrogen) atoms. The maximum absolute atomic E-state index is 12.2. The number of ether oxygens (including phenoxy) is 2. The molecule has 0 atom stereocenters. The highest BCUT2D eigenvalue weighted by molar-refractivity contribution is 5.92. The maximum atomic E-state index is 12.2. The maximum Gasteiger partial charge on any atom is 0.409 e. The van der Waals surface area contributed by atoms with Gasteiger partial charge in [0.15, 0.2) is 0 Å². The zero-order chi connectivity index (χ0) is 18.2. The van der Waals surface area contributed by atoms with E-state index in [-0.39, 0.29) is 18.4 Å². The minimum atomic E-state index is -0.359. The van der Waals surface area contributed by atoms with Crippen LogP contribution in [0, 0.1) is 0 Å². The van der Waals surface area contributed by atoms with Crippen molar-refractivity contribution in [1.82, 2.24) is 4.90 Å². The lowest BCUT2D eigenvalue weighted by molar-refractivity contribution is -0.116. The third-order valence-corrected chi connectivity index (χ3v) is 4.11. The monoisotopic (exact) mass is 354 g/mol. The molecule has 6 heteroatoms. The zero-order valence-corrected chi connectivity index (χ0v) is 14.5. The van der Waals surface area contributed by atoms with Crippen LogP contribution in [0.3, 0.4) is 0 Å². The van der Waals surface area contributed by atoms with Gasteiger partial charge in [0.2, 0.25) is 5.91 Å². The summed E-state index contributed by atoms with van der Waals surface area (Å²) in [6.07, 6.45) is 0.649. The number of nitrogens with zero attached hydrogens (tertiary/aromatic N) is 1. The number of nitrogens with one attached hydrogen (secondary N) is 1. The van der Waals surface area contributed by atoms with Crippen LogP contribution in [0.2, 0.25) is 0 Å². The fourth-order valence-corrected chi connectivity index (χ4v) is 2.70. The summed E-state index contributed by atoms with van der Waals surface area (Å²) < 4.78 is 10.7. The van der Waals surface area contributed by atoms with Gasteiger partial charge in [-0.25, -0.2) is 4.79 Å². The van der Waals surface area contributed by atoms with E-state index in [2.05, 4.69) is 17.4 Å². The van der Waals surface area contributed by atoms with Gasteiger partial charge in [-0.1, -0.05) is 42.5 Å². The molecule has 0 aliphatic carbocycles. The molecule has 2 amide bonds. The van der Waals surface area contributed by atoms with Crippen LogP contribution in [0.25, 0.3) is 0 Å². The van der Waals surface area contributed by atoms with Crippen molar-refractivity contribution in [3.8, 4) is 5.75 Å². The van der Waals surface area contributed by atoms with Gasteiger partial charge in [-0.2, -0.15) is 0 Å². The molecule has 136 valence electrons. The summed E-state index contributed by atoms with van der Waals surface area (Å²) in [6, 6.07) is 17.4. The zero-order valence-electron chi connectivity index (χ0n) is 14.5. The minimum absolute atomic E-state index is 0.163. The second-order valence-electron chi connectivity index (χ2n) is 5.98. The molecular weight excluding hydrogens is 332 g/mol. The highest BCUT2D eigenvalue weighted by Gasteiger charge is 2.22. The third-order valence-electron chi connectivity index (χ3n) is 4.11. The van der Waals surface area contributed by atoms with Crippen molar-refractivity contribution in [1.29, 1.82) is 0 Å². The molecule has 2 aromatic rings. The van der Waals surface area contributed by atoms with Gasteiger partial charge in [-0.05, 0) is 17.7 Å². The number of benzene rings is 2. The van der Waals surface area contributed by atoms with Crippen molar-refractivity contribution < 1.29 is 19.1 Å². The van der Waals surface area contributed by atoms with Crippen LogP contribution in [0.1, 0.15) is 12.0 Å². The molecule has 1 aliphatic rings. The second-order valence-corrected chi connectivity index (χ2v) is 5.98. The lowest BCUT2D eigenvalue weighted by Crippen LogP contribution is -2.28. The summed E-state index contributed by atoms with van der Waals surface area (Å²) in [4.78, 5) is 25.1. The van der Waals surface area contributed by atoms with Gasteiger partial charge < -0.3 is 19.7 Å². The van der Waals surface area contributed by atoms with E-state index in [4.69, 9.17) is 9.47 Å². The molecule has 0 saturated carbocycles. The van der Waals surface area contributed by atoms with E-state index >= 15 is 0 Å². The van der Waals surface area contributed by atoms with Crippen molar-refractivity contribution >= 4 is 17.7 Å². The first-order valence-electron chi connectivity index (χ1n) is 8.70. The molecule has 0 spiro atoms. The van der Waals surface area contributed by atoms with Gasteiger partial charge in [0.25, 0.3) is 0 Å². The smallest absolute Gasteiger partial charge is 0.409 e. The van der Waals surface area contributed by atoms with E-state index in [1.54, 1.807) is 6.07 Å². The molecule has 0 bridgehead atoms. The molecule has 6 nitrogen and oxygen atoms in total. The van der Waals surface area contributed by atoms with Crippen molar-refractivity contribution in [2.24, 2.45) is 0 Å². The number of hydrogen-bond donors (Lipinski definition) is 1. The fraction of sp³-hybridized carbons (Fsp3) is 0.300. The first-order chi connectivity index (χ1) is 12.7. The number of para-hydroxylation sites is 2. The van der Waals surface area contributed by atoms with Crippen molar-refractivity contribution in [3.05, 3.63) is 60.2 Å². The minimum Gasteiger partial charge on any atom is -0.491 e. The average molecular weight is 354 g/mol. The summed E-state index contributed by atoms with van der Waals surface area (Å²) >= 11 is 0. The van der Waals surface area contributed by atoms with Crippen LogP contribution in [-0.4, -0.2) is 43.2 Å². The Balaban J connectivity index is 1.49. The fourth-order valence-electron chi connectivity index (χ4n) is 2.70. The number of anilines is 1. The van der Waals surface area contributed by atoms with E-state index in [9.17, 15) is 9.59 Å². The second kappa shape index (κ2) is 8.89. The topological polar surface area (TPSA) is 67.9 Å². The Morgan fingerprint density at radius 1 is 1.12 bits per heavy atom. The van der Waals surface area contributed by atoms with Crippen LogP contribution < -0.4 is 10.1 Å². The number of carbonyl (C=O) groups is 2. The number of hydrogen-bond acceptors (Lipinski definition) is 4. The van der Waals surface area contributed by atoms with Gasteiger partial charge in [-0.3, -0.25) is 4.79 Å². The highest BCUT2D eigenvalue weighted by atomic mass is 16.6. The lowest BCUT2D eigenvalue weighted by atomic mass is 10.2. The SMILES string of the molecule is O=C(CCN1CCOC1=O)Nc1ccccc1OCCc1ccccc1. The van der Waals surface area contributed by atoms with Crippen molar-refractivity contribution in [2.45, 2.75) is 12.8 Å². The van der Waals surface area contributed by atoms with E-state index in [0.29, 0.717) is 37.7 Å². The van der Waals surface area contributed by atoms with Crippen LogP contribution in [0.5, 0.6) is 5.75 Å². The van der Waals surface area contributed by atoms with E-state index < -0.39 is 0 Å². The van der Waals surface area contributed by atoms with E-state index in [1.165, 1.54) is 10.5 Å². The summed E-state index contributed by atoms with van der Waals surface area (Å²) in [5.74, 6) is 0.473. The van der Waals surface area contributed by atoms with E-state index in [1.807, 2.05) is 36.4 Å². The normalized spacial score (nSPS) is 13.4. The summed E-state index contributed by atoms with van der Waals surface area (Å²) in [5, 5.41) is 2.86. The lowest BCUT2D eigenvalue weighted by Gasteiger charge is -2.14. The first-order valence-corrected chi connectivity index (χ1v) is 8.70. The molecule has 1 heterocycles. The summed E-state index contributed by atoms with van der Waals surface area (Å²) in [6.45, 7) is 1.79. The third kappa shape index (κ3) is 4.99. The Bertz CT molecular complexity index is 748. The molecule has 0 unspecified atom stereocenters. The van der Waals surface area contributed by atoms with Crippen molar-refractivity contribution in [3.63, 3.8) is 0 Å². The Labute approximate surface area is 152 Å². The van der Waals surface area contributed by atoms with Crippen LogP contribution >= 0.6 is 0 Å². The van der Waals surface area contributed by atoms with Gasteiger partial charge in [-0.15, -0.1) is 0 Å². The highest BCUT2D eigenvalue weighted by Crippen LogP contribution is 2.24. The Hall–Kier alpha value is -3.02. The predicted octanol–water partition coefficient (Wildman–Crippen LogP) is 3.09. The van der Waals surface area contributed by atoms with Gasteiger partial charge >= 0.3 is 6.09 Å². The summed E-state index contributed by atoms with van der Waals surface area (Å²) in [7, 11) is 0. The van der Waals surface area contributed by atoms with E-state index in [0.717, 1.165) is 6.42 Å². The Morgan fingerprint density at radius 3 is 2.65 bits per heavy atom. The largest absolute Gasteiger partial charge is 0.491 e. The van der Waals surface area contributed by atoms with Gasteiger partial charge in [0, 0.05) is 19.4 Å². The van der Waals surface area contributed by atoms with Crippen molar-refractivity contribution in [2.75, 3.05) is 31.6 Å². The van der Waals surface area contributed by atoms with Gasteiger partial charge in [0.1, 0.15) is 12.4 Å². The molecule has 0 radical (unpaired) electrons. The van der Waals surface area contributed by atoms with Gasteiger partial charge in [0.05, 0.1) is 18.8 Å². The molecule has 3 rings (SSSR count). The molecule has 1 N–H and O–H groups in total. The quantitative estimate of drug-likeness (QED) is 0.791. The molecule has 0 aromatic heterocycles.